The van der Waals surface area contributed by atoms with Gasteiger partial charge in [0.2, 0.25) is 0 Å². The van der Waals surface area contributed by atoms with Gasteiger partial charge in [-0.3, -0.25) is 14.4 Å². The maximum Gasteiger partial charge on any atom is 0.328 e. The van der Waals surface area contributed by atoms with Crippen LogP contribution in [0.15, 0.2) is 0 Å². The summed E-state index contributed by atoms with van der Waals surface area (Å²) >= 11 is 0.309. The SMILES string of the molecule is O=C1CCC(=O)OSOC(=O)C1. The van der Waals surface area contributed by atoms with Crippen molar-refractivity contribution in [3.05, 3.63) is 0 Å². The molecule has 0 aromatic rings. The van der Waals surface area contributed by atoms with Gasteiger partial charge in [0, 0.05) is 6.42 Å². The van der Waals surface area contributed by atoms with E-state index in [1.165, 1.54) is 0 Å². The predicted molar refractivity (Wildman–Crippen MR) is 38.6 cm³/mol. The Morgan fingerprint density at radius 2 is 1.67 bits per heavy atom. The van der Waals surface area contributed by atoms with E-state index in [1.807, 2.05) is 0 Å². The minimum atomic E-state index is -0.681. The van der Waals surface area contributed by atoms with Gasteiger partial charge in [-0.2, -0.15) is 0 Å². The highest BCUT2D eigenvalue weighted by Gasteiger charge is 2.17. The second-order valence-electron chi connectivity index (χ2n) is 2.19. The molecule has 0 aromatic heterocycles. The van der Waals surface area contributed by atoms with E-state index in [2.05, 4.69) is 8.37 Å². The standard InChI is InChI=1S/C6H6O5S/c7-4-1-2-5(8)10-12-11-6(9)3-4/h1-3H2. The first-order valence-electron chi connectivity index (χ1n) is 3.27. The second kappa shape index (κ2) is 4.10. The zero-order valence-corrected chi connectivity index (χ0v) is 6.89. The number of carbonyl (C=O) groups is 3. The van der Waals surface area contributed by atoms with E-state index in [4.69, 9.17) is 0 Å². The third-order valence-electron chi connectivity index (χ3n) is 1.20. The number of rotatable bonds is 0. The second-order valence-corrected chi connectivity index (χ2v) is 2.66. The van der Waals surface area contributed by atoms with Gasteiger partial charge in [0.15, 0.2) is 0 Å². The highest BCUT2D eigenvalue weighted by molar-refractivity contribution is 7.90. The lowest BCUT2D eigenvalue weighted by atomic mass is 10.2. The third-order valence-corrected chi connectivity index (χ3v) is 1.71. The number of hydrogen-bond acceptors (Lipinski definition) is 6. The molecule has 1 aliphatic rings. The molecule has 1 aliphatic heterocycles. The maximum absolute atomic E-state index is 10.8. The summed E-state index contributed by atoms with van der Waals surface area (Å²) in [6.07, 6.45) is -0.249. The van der Waals surface area contributed by atoms with Crippen molar-refractivity contribution >= 4 is 30.0 Å². The molecular weight excluding hydrogens is 184 g/mol. The minimum Gasteiger partial charge on any atom is -0.355 e. The topological polar surface area (TPSA) is 69.7 Å². The van der Waals surface area contributed by atoms with Crippen LogP contribution in [0.5, 0.6) is 0 Å². The average molecular weight is 190 g/mol. The molecule has 0 amide bonds. The fourth-order valence-electron chi connectivity index (χ4n) is 0.655. The first kappa shape index (κ1) is 9.05. The zero-order valence-electron chi connectivity index (χ0n) is 6.07. The molecule has 6 heteroatoms. The lowest BCUT2D eigenvalue weighted by molar-refractivity contribution is -0.137. The third kappa shape index (κ3) is 2.91. The maximum atomic E-state index is 10.8. The van der Waals surface area contributed by atoms with E-state index in [0.29, 0.717) is 12.3 Å². The van der Waals surface area contributed by atoms with Gasteiger partial charge in [-0.15, -0.1) is 0 Å². The average Bonchev–Trinajstić information content (AvgIpc) is 2.05. The van der Waals surface area contributed by atoms with E-state index < -0.39 is 11.9 Å². The first-order valence-corrected chi connectivity index (χ1v) is 3.93. The Kier molecular flexibility index (Phi) is 3.09. The quantitative estimate of drug-likeness (QED) is 0.406. The van der Waals surface area contributed by atoms with Crippen LogP contribution < -0.4 is 0 Å². The van der Waals surface area contributed by atoms with Crippen LogP contribution in [0.3, 0.4) is 0 Å². The normalized spacial score (nSPS) is 20.2. The number of carbonyl (C=O) groups excluding carboxylic acids is 3. The molecule has 0 radical (unpaired) electrons. The van der Waals surface area contributed by atoms with Crippen LogP contribution in [0.1, 0.15) is 19.3 Å². The molecular formula is C6H6O5S. The highest BCUT2D eigenvalue weighted by atomic mass is 32.2. The van der Waals surface area contributed by atoms with Crippen molar-refractivity contribution in [3.8, 4) is 0 Å². The predicted octanol–water partition coefficient (Wildman–Crippen LogP) is 0.389. The van der Waals surface area contributed by atoms with Gasteiger partial charge in [-0.1, -0.05) is 0 Å². The molecule has 0 N–H and O–H groups in total. The summed E-state index contributed by atoms with van der Waals surface area (Å²) in [5, 5.41) is 0. The van der Waals surface area contributed by atoms with Crippen molar-refractivity contribution in [2.24, 2.45) is 0 Å². The zero-order chi connectivity index (χ0) is 8.97. The van der Waals surface area contributed by atoms with Crippen molar-refractivity contribution in [2.75, 3.05) is 0 Å². The van der Waals surface area contributed by atoms with E-state index in [9.17, 15) is 14.4 Å². The van der Waals surface area contributed by atoms with Gasteiger partial charge in [0.05, 0.1) is 6.42 Å². The fourth-order valence-corrected chi connectivity index (χ4v) is 0.983. The number of hydrogen-bond donors (Lipinski definition) is 0. The summed E-state index contributed by atoms with van der Waals surface area (Å²) in [5.41, 5.74) is 0. The Morgan fingerprint density at radius 1 is 1.00 bits per heavy atom. The van der Waals surface area contributed by atoms with Gasteiger partial charge in [0.25, 0.3) is 12.3 Å². The molecule has 0 bridgehead atoms. The molecule has 0 atom stereocenters. The van der Waals surface area contributed by atoms with Gasteiger partial charge in [-0.25, -0.2) is 0 Å². The van der Waals surface area contributed by atoms with Crippen molar-refractivity contribution in [2.45, 2.75) is 19.3 Å². The summed E-state index contributed by atoms with van der Waals surface area (Å²) in [6, 6.07) is 0. The van der Waals surface area contributed by atoms with Crippen LogP contribution in [0, 0.1) is 0 Å². The molecule has 12 heavy (non-hydrogen) atoms. The first-order chi connectivity index (χ1) is 5.68. The Morgan fingerprint density at radius 3 is 2.42 bits per heavy atom. The Balaban J connectivity index is 2.52. The fraction of sp³-hybridized carbons (Fsp3) is 0.500. The molecule has 0 aromatic carbocycles. The molecule has 1 rings (SSSR count). The molecule has 0 saturated carbocycles. The van der Waals surface area contributed by atoms with E-state index >= 15 is 0 Å². The molecule has 1 heterocycles. The van der Waals surface area contributed by atoms with Crippen LogP contribution in [-0.2, 0) is 22.7 Å². The molecule has 0 spiro atoms. The summed E-state index contributed by atoms with van der Waals surface area (Å²) in [5.74, 6) is -1.54. The largest absolute Gasteiger partial charge is 0.355 e. The van der Waals surface area contributed by atoms with Crippen LogP contribution >= 0.6 is 12.3 Å². The molecule has 66 valence electrons. The van der Waals surface area contributed by atoms with Crippen molar-refractivity contribution in [1.82, 2.24) is 0 Å². The smallest absolute Gasteiger partial charge is 0.328 e. The Labute approximate surface area is 72.8 Å². The van der Waals surface area contributed by atoms with Crippen molar-refractivity contribution in [3.63, 3.8) is 0 Å². The molecule has 5 nitrogen and oxygen atoms in total. The highest BCUT2D eigenvalue weighted by Crippen LogP contribution is 2.12. The van der Waals surface area contributed by atoms with Crippen LogP contribution in [0.4, 0.5) is 0 Å². The summed E-state index contributed by atoms with van der Waals surface area (Å²) < 4.78 is 8.68. The van der Waals surface area contributed by atoms with Gasteiger partial charge in [-0.05, 0) is 0 Å². The Bertz CT molecular complexity index is 224. The summed E-state index contributed by atoms with van der Waals surface area (Å²) in [4.78, 5) is 32.1. The minimum absolute atomic E-state index is 0.00245. The van der Waals surface area contributed by atoms with Crippen molar-refractivity contribution in [1.29, 1.82) is 0 Å². The lowest BCUT2D eigenvalue weighted by Gasteiger charge is -1.96. The van der Waals surface area contributed by atoms with Crippen LogP contribution in [-0.4, -0.2) is 17.7 Å². The monoisotopic (exact) mass is 190 g/mol. The number of Topliss-reactive ketones (excluding diaryl/α,β-unsaturated/α-hetero) is 1. The van der Waals surface area contributed by atoms with E-state index in [1.54, 1.807) is 0 Å². The van der Waals surface area contributed by atoms with Gasteiger partial charge in [0.1, 0.15) is 12.2 Å². The lowest BCUT2D eigenvalue weighted by Crippen LogP contribution is -2.07. The summed E-state index contributed by atoms with van der Waals surface area (Å²) in [6.45, 7) is 0. The van der Waals surface area contributed by atoms with Gasteiger partial charge < -0.3 is 8.37 Å². The Hall–Kier alpha value is -1.04. The van der Waals surface area contributed by atoms with Crippen LogP contribution in [0.25, 0.3) is 0 Å². The van der Waals surface area contributed by atoms with Gasteiger partial charge >= 0.3 is 11.9 Å². The number of ketones is 1. The van der Waals surface area contributed by atoms with E-state index in [-0.39, 0.29) is 25.0 Å². The molecule has 0 aliphatic carbocycles. The summed E-state index contributed by atoms with van der Waals surface area (Å²) in [7, 11) is 0. The molecule has 0 unspecified atom stereocenters. The van der Waals surface area contributed by atoms with Crippen molar-refractivity contribution < 1.29 is 22.7 Å². The molecule has 1 saturated heterocycles. The van der Waals surface area contributed by atoms with Crippen LogP contribution in [0.2, 0.25) is 0 Å². The molecule has 1 fully saturated rings. The van der Waals surface area contributed by atoms with E-state index in [0.717, 1.165) is 0 Å².